The highest BCUT2D eigenvalue weighted by Crippen LogP contribution is 2.28. The largest absolute Gasteiger partial charge is 0.481 e. The van der Waals surface area contributed by atoms with Gasteiger partial charge in [-0.15, -0.1) is 0 Å². The van der Waals surface area contributed by atoms with Gasteiger partial charge in [0.05, 0.1) is 13.2 Å². The molecular formula is C11H15NO2. The Morgan fingerprint density at radius 3 is 3.14 bits per heavy atom. The summed E-state index contributed by atoms with van der Waals surface area (Å²) in [4.78, 5) is 4.07. The lowest BCUT2D eigenvalue weighted by Gasteiger charge is -2.22. The molecule has 1 unspecified atom stereocenters. The summed E-state index contributed by atoms with van der Waals surface area (Å²) >= 11 is 0. The molecule has 0 N–H and O–H groups in total. The Labute approximate surface area is 84.1 Å². The van der Waals surface area contributed by atoms with Crippen LogP contribution in [0.15, 0.2) is 18.3 Å². The Morgan fingerprint density at radius 2 is 2.43 bits per heavy atom. The highest BCUT2D eigenvalue weighted by atomic mass is 16.5. The molecule has 1 aliphatic heterocycles. The Bertz CT molecular complexity index is 295. The van der Waals surface area contributed by atoms with Crippen LogP contribution in [0.5, 0.6) is 5.88 Å². The van der Waals surface area contributed by atoms with Gasteiger partial charge in [0.25, 0.3) is 0 Å². The molecule has 0 bridgehead atoms. The second kappa shape index (κ2) is 4.42. The summed E-state index contributed by atoms with van der Waals surface area (Å²) in [7, 11) is 1.63. The highest BCUT2D eigenvalue weighted by Gasteiger charge is 2.16. The summed E-state index contributed by atoms with van der Waals surface area (Å²) in [6, 6.07) is 3.95. The van der Waals surface area contributed by atoms with Gasteiger partial charge in [-0.3, -0.25) is 0 Å². The van der Waals surface area contributed by atoms with Crippen LogP contribution >= 0.6 is 0 Å². The van der Waals surface area contributed by atoms with Crippen molar-refractivity contribution in [2.45, 2.75) is 25.4 Å². The fourth-order valence-electron chi connectivity index (χ4n) is 1.74. The van der Waals surface area contributed by atoms with Crippen LogP contribution < -0.4 is 4.74 Å². The summed E-state index contributed by atoms with van der Waals surface area (Å²) in [6.45, 7) is 0.870. The topological polar surface area (TPSA) is 31.4 Å². The first-order chi connectivity index (χ1) is 6.90. The molecule has 0 amide bonds. The first kappa shape index (κ1) is 9.46. The predicted molar refractivity (Wildman–Crippen MR) is 53.3 cm³/mol. The molecule has 3 nitrogen and oxygen atoms in total. The normalized spacial score (nSPS) is 21.9. The van der Waals surface area contributed by atoms with Crippen LogP contribution in [0.2, 0.25) is 0 Å². The second-order valence-electron chi connectivity index (χ2n) is 3.49. The van der Waals surface area contributed by atoms with Gasteiger partial charge in [-0.1, -0.05) is 0 Å². The van der Waals surface area contributed by atoms with E-state index in [1.54, 1.807) is 13.3 Å². The summed E-state index contributed by atoms with van der Waals surface area (Å²) in [6.07, 6.45) is 5.54. The molecule has 1 aliphatic rings. The van der Waals surface area contributed by atoms with Crippen molar-refractivity contribution in [2.75, 3.05) is 13.7 Å². The first-order valence-electron chi connectivity index (χ1n) is 5.01. The Kier molecular flexibility index (Phi) is 2.99. The van der Waals surface area contributed by atoms with Crippen LogP contribution in [0.4, 0.5) is 0 Å². The van der Waals surface area contributed by atoms with Crippen LogP contribution in [-0.2, 0) is 4.74 Å². The van der Waals surface area contributed by atoms with E-state index in [1.807, 2.05) is 12.1 Å². The van der Waals surface area contributed by atoms with Gasteiger partial charge in [0.15, 0.2) is 0 Å². The average molecular weight is 193 g/mol. The summed E-state index contributed by atoms with van der Waals surface area (Å²) in [5, 5.41) is 0. The molecule has 2 rings (SSSR count). The molecule has 3 heteroatoms. The van der Waals surface area contributed by atoms with E-state index >= 15 is 0 Å². The van der Waals surface area contributed by atoms with E-state index < -0.39 is 0 Å². The number of rotatable bonds is 2. The van der Waals surface area contributed by atoms with E-state index in [-0.39, 0.29) is 6.10 Å². The molecule has 2 heterocycles. The number of ether oxygens (including phenoxy) is 2. The first-order valence-corrected chi connectivity index (χ1v) is 5.01. The quantitative estimate of drug-likeness (QED) is 0.722. The third-order valence-electron chi connectivity index (χ3n) is 2.52. The van der Waals surface area contributed by atoms with Crippen molar-refractivity contribution in [3.63, 3.8) is 0 Å². The van der Waals surface area contributed by atoms with E-state index in [0.717, 1.165) is 13.0 Å². The fraction of sp³-hybridized carbons (Fsp3) is 0.545. The monoisotopic (exact) mass is 193 g/mol. The van der Waals surface area contributed by atoms with Crippen molar-refractivity contribution in [1.82, 2.24) is 4.98 Å². The van der Waals surface area contributed by atoms with Crippen LogP contribution in [0.25, 0.3) is 0 Å². The van der Waals surface area contributed by atoms with Gasteiger partial charge < -0.3 is 9.47 Å². The van der Waals surface area contributed by atoms with Gasteiger partial charge in [-0.25, -0.2) is 4.98 Å². The highest BCUT2D eigenvalue weighted by molar-refractivity contribution is 5.22. The number of hydrogen-bond donors (Lipinski definition) is 0. The molecule has 0 saturated carbocycles. The van der Waals surface area contributed by atoms with E-state index in [9.17, 15) is 0 Å². The third kappa shape index (κ3) is 2.04. The summed E-state index contributed by atoms with van der Waals surface area (Å²) in [5.74, 6) is 0.664. The lowest BCUT2D eigenvalue weighted by Crippen LogP contribution is -2.11. The smallest absolute Gasteiger partial charge is 0.213 e. The standard InChI is InChI=1S/C11H15NO2/c1-13-11-8-9(5-6-12-11)10-4-2-3-7-14-10/h5-6,8,10H,2-4,7H2,1H3. The molecular weight excluding hydrogens is 178 g/mol. The SMILES string of the molecule is COc1cc(C2CCCCO2)ccn1. The van der Waals surface area contributed by atoms with Crippen molar-refractivity contribution < 1.29 is 9.47 Å². The van der Waals surface area contributed by atoms with E-state index in [1.165, 1.54) is 18.4 Å². The van der Waals surface area contributed by atoms with Gasteiger partial charge in [0.1, 0.15) is 0 Å². The van der Waals surface area contributed by atoms with Crippen LogP contribution in [0.1, 0.15) is 30.9 Å². The van der Waals surface area contributed by atoms with Gasteiger partial charge >= 0.3 is 0 Å². The van der Waals surface area contributed by atoms with Crippen LogP contribution in [0, 0.1) is 0 Å². The minimum Gasteiger partial charge on any atom is -0.481 e. The minimum atomic E-state index is 0.237. The maximum atomic E-state index is 5.68. The zero-order valence-corrected chi connectivity index (χ0v) is 8.40. The van der Waals surface area contributed by atoms with Gasteiger partial charge in [0, 0.05) is 18.9 Å². The summed E-state index contributed by atoms with van der Waals surface area (Å²) < 4.78 is 10.8. The molecule has 1 aromatic heterocycles. The van der Waals surface area contributed by atoms with Gasteiger partial charge in [-0.05, 0) is 30.9 Å². The zero-order chi connectivity index (χ0) is 9.80. The van der Waals surface area contributed by atoms with E-state index in [0.29, 0.717) is 5.88 Å². The molecule has 0 aromatic carbocycles. The molecule has 1 aromatic rings. The van der Waals surface area contributed by atoms with Crippen molar-refractivity contribution >= 4 is 0 Å². The molecule has 76 valence electrons. The molecule has 1 atom stereocenters. The molecule has 14 heavy (non-hydrogen) atoms. The summed E-state index contributed by atoms with van der Waals surface area (Å²) in [5.41, 5.74) is 1.18. The van der Waals surface area contributed by atoms with Crippen molar-refractivity contribution in [3.8, 4) is 5.88 Å². The van der Waals surface area contributed by atoms with Gasteiger partial charge in [0.2, 0.25) is 5.88 Å². The lowest BCUT2D eigenvalue weighted by atomic mass is 10.0. The lowest BCUT2D eigenvalue weighted by molar-refractivity contribution is 0.0148. The Morgan fingerprint density at radius 1 is 1.50 bits per heavy atom. The Balaban J connectivity index is 2.13. The maximum Gasteiger partial charge on any atom is 0.213 e. The minimum absolute atomic E-state index is 0.237. The molecule has 0 radical (unpaired) electrons. The van der Waals surface area contributed by atoms with Gasteiger partial charge in [-0.2, -0.15) is 0 Å². The van der Waals surface area contributed by atoms with Crippen molar-refractivity contribution in [2.24, 2.45) is 0 Å². The van der Waals surface area contributed by atoms with Crippen LogP contribution in [-0.4, -0.2) is 18.7 Å². The fourth-order valence-corrected chi connectivity index (χ4v) is 1.74. The van der Waals surface area contributed by atoms with Crippen LogP contribution in [0.3, 0.4) is 0 Å². The maximum absolute atomic E-state index is 5.68. The molecule has 1 saturated heterocycles. The zero-order valence-electron chi connectivity index (χ0n) is 8.40. The number of nitrogens with zero attached hydrogens (tertiary/aromatic N) is 1. The molecule has 1 fully saturated rings. The van der Waals surface area contributed by atoms with E-state index in [2.05, 4.69) is 4.98 Å². The molecule has 0 spiro atoms. The second-order valence-corrected chi connectivity index (χ2v) is 3.49. The average Bonchev–Trinajstić information content (AvgIpc) is 2.30. The Hall–Kier alpha value is -1.09. The predicted octanol–water partition coefficient (Wildman–Crippen LogP) is 2.33. The van der Waals surface area contributed by atoms with Crippen molar-refractivity contribution in [3.05, 3.63) is 23.9 Å². The van der Waals surface area contributed by atoms with E-state index in [4.69, 9.17) is 9.47 Å². The third-order valence-corrected chi connectivity index (χ3v) is 2.52. The number of aromatic nitrogens is 1. The molecule has 0 aliphatic carbocycles. The number of methoxy groups -OCH3 is 1. The number of hydrogen-bond acceptors (Lipinski definition) is 3. The van der Waals surface area contributed by atoms with Crippen molar-refractivity contribution in [1.29, 1.82) is 0 Å². The number of pyridine rings is 1.